The number of carboxylic acids is 1. The smallest absolute Gasteiger partial charge is 0.397 e. The maximum absolute atomic E-state index is 12.4. The maximum atomic E-state index is 12.4. The molecule has 15 atom stereocenters. The Bertz CT molecular complexity index is 1730. The van der Waals surface area contributed by atoms with E-state index in [0.717, 1.165) is 0 Å². The fourth-order valence-electron chi connectivity index (χ4n) is 5.39. The van der Waals surface area contributed by atoms with Crippen molar-refractivity contribution in [3.05, 3.63) is 0 Å². The molecule has 0 aromatic carbocycles. The van der Waals surface area contributed by atoms with E-state index in [1.807, 2.05) is 0 Å². The van der Waals surface area contributed by atoms with Gasteiger partial charge in [0.2, 0.25) is 0 Å². The van der Waals surface area contributed by atoms with Gasteiger partial charge in [0.05, 0.1) is 19.3 Å². The summed E-state index contributed by atoms with van der Waals surface area (Å²) in [5.74, 6) is -2.13. The molecular weight excluding hydrogens is 840 g/mol. The molecule has 3 aliphatic rings. The quantitative estimate of drug-likeness (QED) is 0.0604. The summed E-state index contributed by atoms with van der Waals surface area (Å²) in [6, 6.07) is -4.38. The van der Waals surface area contributed by atoms with Crippen LogP contribution in [-0.4, -0.2) is 200 Å². The van der Waals surface area contributed by atoms with Gasteiger partial charge in [0.1, 0.15) is 60.9 Å². The van der Waals surface area contributed by atoms with Crippen LogP contribution in [0.5, 0.6) is 0 Å². The fourth-order valence-corrected chi connectivity index (χ4v) is 7.37. The van der Waals surface area contributed by atoms with E-state index in [1.165, 1.54) is 18.6 Å². The standard InChI is InChI=1S/C21H38N2O27S4/c1-5(2)44-19-9(23-52(34,35)36)12(27)14(6(3-24)45-19)47-21-16(50-54(40,41)42)13(28)15(17(49-21)18(29)30)48-20-8(22-51(31,32)33)11(26)10(25)7(46-20)4-43-53(37,38)39/h5-17,19-28H,3-4H2,1-2H3,(H,29,30)(H,31,32,33)(H,34,35,36)(H,37,38,39)(H,40,41,42)/t6-,7-,8-,9-,10-,11-,12-,13+,14-,15+,16-,17+,19+,20-,21-/m1/s1. The third-order valence-electron chi connectivity index (χ3n) is 7.49. The van der Waals surface area contributed by atoms with Crippen LogP contribution in [0.15, 0.2) is 0 Å². The number of aliphatic hydroxyl groups excluding tert-OH is 5. The van der Waals surface area contributed by atoms with Crippen molar-refractivity contribution in [1.29, 1.82) is 0 Å². The Balaban J connectivity index is 2.04. The van der Waals surface area contributed by atoms with E-state index >= 15 is 0 Å². The minimum Gasteiger partial charge on any atom is -0.479 e. The highest BCUT2D eigenvalue weighted by molar-refractivity contribution is 7.84. The zero-order chi connectivity index (χ0) is 41.3. The number of carboxylic acid groups (broad SMARTS) is 1. The Morgan fingerprint density at radius 2 is 1.19 bits per heavy atom. The Morgan fingerprint density at radius 3 is 1.65 bits per heavy atom. The molecule has 3 fully saturated rings. The van der Waals surface area contributed by atoms with E-state index < -0.39 is 159 Å². The summed E-state index contributed by atoms with van der Waals surface area (Å²) in [5, 5.41) is 63.3. The first-order valence-electron chi connectivity index (χ1n) is 14.8. The monoisotopic (exact) mass is 878 g/mol. The highest BCUT2D eigenvalue weighted by atomic mass is 32.3. The molecule has 0 aliphatic carbocycles. The summed E-state index contributed by atoms with van der Waals surface area (Å²) >= 11 is 0. The summed E-state index contributed by atoms with van der Waals surface area (Å²) in [7, 11) is -21.6. The summed E-state index contributed by atoms with van der Waals surface area (Å²) in [5.41, 5.74) is 0. The minimum atomic E-state index is -5.73. The number of aliphatic hydroxyl groups is 5. The van der Waals surface area contributed by atoms with Gasteiger partial charge < -0.3 is 59.1 Å². The van der Waals surface area contributed by atoms with Crippen LogP contribution in [0.2, 0.25) is 0 Å². The molecule has 0 amide bonds. The van der Waals surface area contributed by atoms with Gasteiger partial charge in [-0.05, 0) is 13.8 Å². The highest BCUT2D eigenvalue weighted by Crippen LogP contribution is 2.35. The van der Waals surface area contributed by atoms with Crippen LogP contribution >= 0.6 is 0 Å². The molecule has 0 bridgehead atoms. The van der Waals surface area contributed by atoms with Gasteiger partial charge in [-0.3, -0.25) is 18.2 Å². The van der Waals surface area contributed by atoms with Gasteiger partial charge in [-0.15, -0.1) is 0 Å². The average Bonchev–Trinajstić information content (AvgIpc) is 2.99. The number of rotatable bonds is 17. The number of hydrogen-bond acceptors (Lipinski definition) is 22. The van der Waals surface area contributed by atoms with Crippen molar-refractivity contribution in [2.75, 3.05) is 13.2 Å². The largest absolute Gasteiger partial charge is 0.479 e. The number of hydrogen-bond donors (Lipinski definition) is 12. The second kappa shape index (κ2) is 18.0. The van der Waals surface area contributed by atoms with E-state index in [4.69, 9.17) is 33.0 Å². The van der Waals surface area contributed by atoms with Crippen LogP contribution in [0.1, 0.15) is 13.8 Å². The van der Waals surface area contributed by atoms with Crippen molar-refractivity contribution in [1.82, 2.24) is 9.44 Å². The van der Waals surface area contributed by atoms with Gasteiger partial charge in [0, 0.05) is 0 Å². The molecule has 0 saturated carbocycles. The molecule has 3 heterocycles. The SMILES string of the molecule is CC(C)O[C@H]1O[C@H](CO)[C@@H](O[C@@H]2O[C@H](C(=O)O)[C@@H](O[C@H]3O[C@H](COS(=O)(=O)O)[C@@H](O)[C@H](O)[C@H]3NS(=O)(=O)O)[C@H](O)[C@H]2OS(=O)(=O)O)[C@H](O)[C@H]1NS(=O)(=O)O. The van der Waals surface area contributed by atoms with Crippen molar-refractivity contribution in [3.8, 4) is 0 Å². The Labute approximate surface area is 305 Å². The first-order valence-corrected chi connectivity index (χ1v) is 20.4. The van der Waals surface area contributed by atoms with Crippen molar-refractivity contribution in [2.45, 2.75) is 112 Å². The molecule has 3 saturated heterocycles. The number of ether oxygens (including phenoxy) is 6. The molecule has 3 aliphatic heterocycles. The van der Waals surface area contributed by atoms with Crippen molar-refractivity contribution >= 4 is 47.4 Å². The highest BCUT2D eigenvalue weighted by Gasteiger charge is 2.57. The molecule has 318 valence electrons. The second-order valence-corrected chi connectivity index (χ2v) is 16.3. The molecule has 0 spiro atoms. The van der Waals surface area contributed by atoms with Crippen LogP contribution in [0.25, 0.3) is 0 Å². The zero-order valence-corrected chi connectivity index (χ0v) is 30.5. The summed E-state index contributed by atoms with van der Waals surface area (Å²) in [4.78, 5) is 12.4. The minimum absolute atomic E-state index is 0.752. The van der Waals surface area contributed by atoms with Crippen LogP contribution in [0.3, 0.4) is 0 Å². The van der Waals surface area contributed by atoms with Gasteiger partial charge in [-0.2, -0.15) is 43.1 Å². The summed E-state index contributed by atoms with van der Waals surface area (Å²) < 4.78 is 173. The molecule has 0 unspecified atom stereocenters. The lowest BCUT2D eigenvalue weighted by Gasteiger charge is -2.49. The van der Waals surface area contributed by atoms with E-state index in [-0.39, 0.29) is 0 Å². The zero-order valence-electron chi connectivity index (χ0n) is 27.2. The summed E-state index contributed by atoms with van der Waals surface area (Å²) in [6.07, 6.45) is -31.5. The lowest BCUT2D eigenvalue weighted by atomic mass is 9.95. The van der Waals surface area contributed by atoms with Crippen LogP contribution < -0.4 is 9.44 Å². The fraction of sp³-hybridized carbons (Fsp3) is 0.952. The average molecular weight is 879 g/mol. The first-order chi connectivity index (χ1) is 24.5. The van der Waals surface area contributed by atoms with E-state index in [1.54, 1.807) is 4.72 Å². The molecule has 54 heavy (non-hydrogen) atoms. The van der Waals surface area contributed by atoms with E-state index in [9.17, 15) is 82.8 Å². The molecular formula is C21H38N2O27S4. The van der Waals surface area contributed by atoms with Crippen LogP contribution in [0.4, 0.5) is 0 Å². The third kappa shape index (κ3) is 13.0. The van der Waals surface area contributed by atoms with Gasteiger partial charge in [0.25, 0.3) is 0 Å². The van der Waals surface area contributed by atoms with Gasteiger partial charge in [0.15, 0.2) is 31.1 Å². The summed E-state index contributed by atoms with van der Waals surface area (Å²) in [6.45, 7) is 0.417. The second-order valence-electron chi connectivity index (χ2n) is 11.8. The maximum Gasteiger partial charge on any atom is 0.397 e. The number of carbonyl (C=O) groups is 1. The predicted octanol–water partition coefficient (Wildman–Crippen LogP) is -7.59. The normalized spacial score (nSPS) is 38.7. The van der Waals surface area contributed by atoms with Gasteiger partial charge >= 0.3 is 47.4 Å². The van der Waals surface area contributed by atoms with Crippen molar-refractivity contribution in [2.24, 2.45) is 0 Å². The van der Waals surface area contributed by atoms with E-state index in [2.05, 4.69) is 8.37 Å². The number of nitrogens with one attached hydrogen (secondary N) is 2. The van der Waals surface area contributed by atoms with Crippen LogP contribution in [0, 0.1) is 0 Å². The van der Waals surface area contributed by atoms with Crippen molar-refractivity contribution < 1.29 is 124 Å². The van der Waals surface area contributed by atoms with Gasteiger partial charge in [-0.25, -0.2) is 13.2 Å². The molecule has 33 heteroatoms. The topological polar surface area (TPSA) is 454 Å². The Hall–Kier alpha value is -1.49. The lowest BCUT2D eigenvalue weighted by molar-refractivity contribution is -0.360. The Kier molecular flexibility index (Phi) is 15.6. The number of aliphatic carboxylic acids is 1. The van der Waals surface area contributed by atoms with E-state index in [0.29, 0.717) is 0 Å². The first kappa shape index (κ1) is 46.9. The Morgan fingerprint density at radius 1 is 0.667 bits per heavy atom. The van der Waals surface area contributed by atoms with Gasteiger partial charge in [-0.1, -0.05) is 0 Å². The third-order valence-corrected chi connectivity index (χ3v) is 9.53. The van der Waals surface area contributed by atoms with Crippen LogP contribution in [-0.2, 0) is 83.0 Å². The molecule has 12 N–H and O–H groups in total. The van der Waals surface area contributed by atoms with Crippen molar-refractivity contribution in [3.63, 3.8) is 0 Å². The molecule has 0 aromatic heterocycles. The molecule has 3 rings (SSSR count). The lowest BCUT2D eigenvalue weighted by Crippen LogP contribution is -2.70. The predicted molar refractivity (Wildman–Crippen MR) is 162 cm³/mol. The molecule has 0 aromatic rings. The molecule has 0 radical (unpaired) electrons. The molecule has 29 nitrogen and oxygen atoms in total.